The summed E-state index contributed by atoms with van der Waals surface area (Å²) >= 11 is 8.19. The lowest BCUT2D eigenvalue weighted by molar-refractivity contribution is 0.192. The van der Waals surface area contributed by atoms with Gasteiger partial charge in [0.1, 0.15) is 5.82 Å². The van der Waals surface area contributed by atoms with E-state index in [-0.39, 0.29) is 24.0 Å². The molecule has 1 saturated heterocycles. The topological polar surface area (TPSA) is 55.8 Å². The van der Waals surface area contributed by atoms with Crippen LogP contribution in [0.1, 0.15) is 23.8 Å². The molecule has 0 aromatic carbocycles. The first kappa shape index (κ1) is 23.6. The average Bonchev–Trinajstić information content (AvgIpc) is 3.40. The zero-order chi connectivity index (χ0) is 20.2. The predicted octanol–water partition coefficient (Wildman–Crippen LogP) is 3.61. The lowest BCUT2D eigenvalue weighted by Crippen LogP contribution is -2.49. The second-order valence-corrected chi connectivity index (χ2v) is 9.18. The molecule has 4 rings (SSSR count). The van der Waals surface area contributed by atoms with Crippen molar-refractivity contribution in [1.82, 2.24) is 20.5 Å². The number of nitrogens with zero attached hydrogens (tertiary/aromatic N) is 4. The SMILES string of the molecule is CN=C(NCC(C)N1CCc2sccc2C1)NC1CCN(c2ncccc2Cl)C1.I. The summed E-state index contributed by atoms with van der Waals surface area (Å²) in [5.74, 6) is 1.73. The van der Waals surface area contributed by atoms with Crippen LogP contribution in [0, 0.1) is 0 Å². The number of rotatable bonds is 5. The molecule has 0 amide bonds. The van der Waals surface area contributed by atoms with Gasteiger partial charge in [-0.2, -0.15) is 0 Å². The number of halogens is 2. The van der Waals surface area contributed by atoms with E-state index in [1.54, 1.807) is 11.1 Å². The zero-order valence-electron chi connectivity index (χ0n) is 17.5. The first-order valence-corrected chi connectivity index (χ1v) is 11.5. The zero-order valence-corrected chi connectivity index (χ0v) is 21.4. The third kappa shape index (κ3) is 5.57. The van der Waals surface area contributed by atoms with Crippen LogP contribution in [0.2, 0.25) is 5.02 Å². The smallest absolute Gasteiger partial charge is 0.191 e. The van der Waals surface area contributed by atoms with Crippen LogP contribution in [0.25, 0.3) is 0 Å². The fourth-order valence-corrected chi connectivity index (χ4v) is 5.22. The highest BCUT2D eigenvalue weighted by Gasteiger charge is 2.26. The Hall–Kier alpha value is -1.10. The first-order valence-electron chi connectivity index (χ1n) is 10.3. The number of aliphatic imine (C=N–C) groups is 1. The summed E-state index contributed by atoms with van der Waals surface area (Å²) < 4.78 is 0. The van der Waals surface area contributed by atoms with E-state index in [1.807, 2.05) is 30.5 Å². The molecule has 0 bridgehead atoms. The number of aromatic nitrogens is 1. The standard InChI is InChI=1S/C21H29ClN6S.HI/c1-15(27-10-6-19-16(13-27)7-11-29-19)12-25-21(23-2)26-17-5-9-28(14-17)20-18(22)4-3-8-24-20;/h3-4,7-8,11,15,17H,5-6,9-10,12-14H2,1-2H3,(H2,23,25,26);1H. The van der Waals surface area contributed by atoms with Crippen molar-refractivity contribution in [1.29, 1.82) is 0 Å². The molecule has 0 radical (unpaired) electrons. The Balaban J connectivity index is 0.00000256. The van der Waals surface area contributed by atoms with Gasteiger partial charge in [0, 0.05) is 62.9 Å². The minimum Gasteiger partial charge on any atom is -0.355 e. The predicted molar refractivity (Wildman–Crippen MR) is 138 cm³/mol. The van der Waals surface area contributed by atoms with Crippen LogP contribution >= 0.6 is 46.9 Å². The molecule has 2 aliphatic heterocycles. The van der Waals surface area contributed by atoms with Crippen molar-refractivity contribution < 1.29 is 0 Å². The maximum atomic E-state index is 6.30. The molecule has 164 valence electrons. The molecule has 4 heterocycles. The number of fused-ring (bicyclic) bond motifs is 1. The summed E-state index contributed by atoms with van der Waals surface area (Å²) in [5, 5.41) is 10.0. The molecular formula is C21H30ClIN6S. The maximum absolute atomic E-state index is 6.30. The van der Waals surface area contributed by atoms with Crippen molar-refractivity contribution in [3.63, 3.8) is 0 Å². The molecule has 6 nitrogen and oxygen atoms in total. The van der Waals surface area contributed by atoms with E-state index in [2.05, 4.69) is 48.8 Å². The maximum Gasteiger partial charge on any atom is 0.191 e. The normalized spacial score (nSPS) is 20.4. The van der Waals surface area contributed by atoms with E-state index in [0.29, 0.717) is 17.1 Å². The highest BCUT2D eigenvalue weighted by molar-refractivity contribution is 14.0. The van der Waals surface area contributed by atoms with Gasteiger partial charge in [-0.3, -0.25) is 9.89 Å². The summed E-state index contributed by atoms with van der Waals surface area (Å²) in [4.78, 5) is 15.2. The lowest BCUT2D eigenvalue weighted by atomic mass is 10.1. The second kappa shape index (κ2) is 11.0. The van der Waals surface area contributed by atoms with E-state index in [9.17, 15) is 0 Å². The molecule has 2 unspecified atom stereocenters. The van der Waals surface area contributed by atoms with Crippen molar-refractivity contribution in [3.05, 3.63) is 45.2 Å². The quantitative estimate of drug-likeness (QED) is 0.333. The number of pyridine rings is 1. The fourth-order valence-electron chi connectivity index (χ4n) is 4.09. The minimum absolute atomic E-state index is 0. The van der Waals surface area contributed by atoms with Crippen molar-refractivity contribution >= 4 is 58.7 Å². The van der Waals surface area contributed by atoms with Gasteiger partial charge in [0.25, 0.3) is 0 Å². The molecule has 1 fully saturated rings. The Kier molecular flexibility index (Phi) is 8.62. The number of hydrogen-bond donors (Lipinski definition) is 2. The second-order valence-electron chi connectivity index (χ2n) is 7.78. The largest absolute Gasteiger partial charge is 0.355 e. The Labute approximate surface area is 205 Å². The van der Waals surface area contributed by atoms with Gasteiger partial charge in [-0.15, -0.1) is 35.3 Å². The molecule has 0 spiro atoms. The molecule has 30 heavy (non-hydrogen) atoms. The van der Waals surface area contributed by atoms with Gasteiger partial charge in [0.05, 0.1) is 5.02 Å². The summed E-state index contributed by atoms with van der Waals surface area (Å²) in [5.41, 5.74) is 1.50. The van der Waals surface area contributed by atoms with Crippen molar-refractivity contribution in [2.75, 3.05) is 38.1 Å². The van der Waals surface area contributed by atoms with Gasteiger partial charge in [-0.25, -0.2) is 4.98 Å². The van der Waals surface area contributed by atoms with Crippen LogP contribution in [-0.4, -0.2) is 61.2 Å². The number of thiophene rings is 1. The summed E-state index contributed by atoms with van der Waals surface area (Å²) in [6.07, 6.45) is 4.00. The highest BCUT2D eigenvalue weighted by atomic mass is 127. The van der Waals surface area contributed by atoms with Crippen molar-refractivity contribution in [2.45, 2.75) is 38.4 Å². The summed E-state index contributed by atoms with van der Waals surface area (Å²) in [6.45, 7) is 7.17. The Morgan fingerprint density at radius 1 is 1.40 bits per heavy atom. The Morgan fingerprint density at radius 3 is 3.07 bits per heavy atom. The lowest BCUT2D eigenvalue weighted by Gasteiger charge is -2.33. The van der Waals surface area contributed by atoms with Gasteiger partial charge in [0.15, 0.2) is 5.96 Å². The van der Waals surface area contributed by atoms with Gasteiger partial charge < -0.3 is 15.5 Å². The van der Waals surface area contributed by atoms with Gasteiger partial charge >= 0.3 is 0 Å². The summed E-state index contributed by atoms with van der Waals surface area (Å²) in [6, 6.07) is 6.82. The number of guanidine groups is 1. The molecule has 0 saturated carbocycles. The number of nitrogens with one attached hydrogen (secondary N) is 2. The third-order valence-electron chi connectivity index (χ3n) is 5.82. The molecule has 2 aromatic rings. The van der Waals surface area contributed by atoms with Crippen molar-refractivity contribution in [3.8, 4) is 0 Å². The van der Waals surface area contributed by atoms with E-state index in [1.165, 1.54) is 5.56 Å². The van der Waals surface area contributed by atoms with Crippen LogP contribution in [0.3, 0.4) is 0 Å². The van der Waals surface area contributed by atoms with Crippen LogP contribution in [0.5, 0.6) is 0 Å². The van der Waals surface area contributed by atoms with Crippen LogP contribution in [0.15, 0.2) is 34.8 Å². The van der Waals surface area contributed by atoms with Crippen molar-refractivity contribution in [2.24, 2.45) is 4.99 Å². The molecule has 2 N–H and O–H groups in total. The number of hydrogen-bond acceptors (Lipinski definition) is 5. The molecule has 2 aromatic heterocycles. The van der Waals surface area contributed by atoms with E-state index in [4.69, 9.17) is 11.6 Å². The molecule has 9 heteroatoms. The van der Waals surface area contributed by atoms with E-state index >= 15 is 0 Å². The van der Waals surface area contributed by atoms with Crippen LogP contribution in [-0.2, 0) is 13.0 Å². The Bertz CT molecular complexity index is 860. The molecule has 2 aliphatic rings. The monoisotopic (exact) mass is 560 g/mol. The van der Waals surface area contributed by atoms with Gasteiger partial charge in [-0.05, 0) is 48.9 Å². The van der Waals surface area contributed by atoms with E-state index in [0.717, 1.165) is 57.3 Å². The first-order chi connectivity index (χ1) is 14.1. The molecule has 0 aliphatic carbocycles. The minimum atomic E-state index is 0. The van der Waals surface area contributed by atoms with Crippen LogP contribution in [0.4, 0.5) is 5.82 Å². The molecule has 2 atom stereocenters. The van der Waals surface area contributed by atoms with Gasteiger partial charge in [-0.1, -0.05) is 11.6 Å². The van der Waals surface area contributed by atoms with Gasteiger partial charge in [0.2, 0.25) is 0 Å². The molecular weight excluding hydrogens is 531 g/mol. The number of anilines is 1. The average molecular weight is 561 g/mol. The third-order valence-corrected chi connectivity index (χ3v) is 7.13. The van der Waals surface area contributed by atoms with E-state index < -0.39 is 0 Å². The Morgan fingerprint density at radius 2 is 2.27 bits per heavy atom. The fraction of sp³-hybridized carbons (Fsp3) is 0.524. The summed E-state index contributed by atoms with van der Waals surface area (Å²) in [7, 11) is 1.83. The highest BCUT2D eigenvalue weighted by Crippen LogP contribution is 2.26. The van der Waals surface area contributed by atoms with Crippen LogP contribution < -0.4 is 15.5 Å².